The van der Waals surface area contributed by atoms with Gasteiger partial charge >= 0.3 is 5.97 Å². The van der Waals surface area contributed by atoms with Crippen molar-refractivity contribution >= 4 is 35.8 Å². The van der Waals surface area contributed by atoms with Crippen LogP contribution in [-0.4, -0.2) is 88.6 Å². The van der Waals surface area contributed by atoms with Crippen LogP contribution in [0.5, 0.6) is 0 Å². The van der Waals surface area contributed by atoms with Gasteiger partial charge in [0.05, 0.1) is 12.9 Å². The van der Waals surface area contributed by atoms with E-state index in [4.69, 9.17) is 20.9 Å². The molecule has 0 radical (unpaired) electrons. The van der Waals surface area contributed by atoms with Crippen LogP contribution < -0.4 is 11.5 Å². The second-order valence-corrected chi connectivity index (χ2v) is 13.2. The van der Waals surface area contributed by atoms with Crippen LogP contribution in [0.4, 0.5) is 4.39 Å². The quantitative estimate of drug-likeness (QED) is 0.0805. The molecule has 7 atom stereocenters. The normalized spacial score (nSPS) is 25.7. The van der Waals surface area contributed by atoms with E-state index in [1.807, 2.05) is 13.8 Å². The first-order valence-electron chi connectivity index (χ1n) is 17.8. The second kappa shape index (κ2) is 19.3. The Morgan fingerprint density at radius 3 is 2.15 bits per heavy atom. The number of aliphatic hydroxyl groups is 1. The smallest absolute Gasteiger partial charge is 0.323 e. The summed E-state index contributed by atoms with van der Waals surface area (Å²) in [7, 11) is 0. The number of ketones is 1. The maximum Gasteiger partial charge on any atom is 0.323 e. The van der Waals surface area contributed by atoms with Crippen LogP contribution >= 0.6 is 0 Å². The number of halogens is 1. The van der Waals surface area contributed by atoms with Crippen LogP contribution in [0.3, 0.4) is 0 Å². The molecule has 0 saturated carbocycles. The number of amidine groups is 1. The topological polar surface area (TPSA) is 182 Å². The molecule has 3 aliphatic heterocycles. The first-order valence-corrected chi connectivity index (χ1v) is 17.8. The van der Waals surface area contributed by atoms with Crippen LogP contribution in [0, 0.1) is 5.92 Å². The zero-order valence-corrected chi connectivity index (χ0v) is 28.6. The number of hydrogen-bond donors (Lipinski definition) is 3. The number of amides is 1. The van der Waals surface area contributed by atoms with E-state index in [9.17, 15) is 23.9 Å². The second-order valence-electron chi connectivity index (χ2n) is 13.2. The molecule has 0 aromatic rings. The van der Waals surface area contributed by atoms with Gasteiger partial charge < -0.3 is 26.0 Å². The van der Waals surface area contributed by atoms with Gasteiger partial charge in [0.1, 0.15) is 24.5 Å². The first kappa shape index (κ1) is 38.7. The van der Waals surface area contributed by atoms with Gasteiger partial charge in [-0.15, -0.1) is 0 Å². The summed E-state index contributed by atoms with van der Waals surface area (Å²) in [5.74, 6) is -3.31. The molecular formula is C34H57FN6O6. The number of carbonyl (C=O) groups is 3. The number of nitrogens with two attached hydrogens (primary N) is 2. The molecule has 5 N–H and O–H groups in total. The summed E-state index contributed by atoms with van der Waals surface area (Å²) in [6, 6.07) is -0.958. The van der Waals surface area contributed by atoms with Crippen molar-refractivity contribution in [3.8, 4) is 0 Å². The number of aliphatic imine (C=N–C) groups is 3. The molecule has 3 heterocycles. The highest BCUT2D eigenvalue weighted by molar-refractivity contribution is 6.38. The van der Waals surface area contributed by atoms with Crippen molar-refractivity contribution in [1.29, 1.82) is 0 Å². The fourth-order valence-corrected chi connectivity index (χ4v) is 6.28. The Morgan fingerprint density at radius 2 is 1.62 bits per heavy atom. The lowest BCUT2D eigenvalue weighted by Crippen LogP contribution is -2.60. The van der Waals surface area contributed by atoms with Crippen LogP contribution in [0.1, 0.15) is 130 Å². The summed E-state index contributed by atoms with van der Waals surface area (Å²) in [4.78, 5) is 54.3. The molecule has 1 amide bonds. The van der Waals surface area contributed by atoms with Crippen molar-refractivity contribution in [2.45, 2.75) is 166 Å². The molecule has 3 rings (SSSR count). The molecular weight excluding hydrogens is 607 g/mol. The molecule has 47 heavy (non-hydrogen) atoms. The maximum atomic E-state index is 14.5. The lowest BCUT2D eigenvalue weighted by Gasteiger charge is -2.32. The lowest BCUT2D eigenvalue weighted by molar-refractivity contribution is -0.159. The summed E-state index contributed by atoms with van der Waals surface area (Å²) < 4.78 is 25.8. The summed E-state index contributed by atoms with van der Waals surface area (Å²) in [5, 5.41) is 9.48. The van der Waals surface area contributed by atoms with Gasteiger partial charge in [0.15, 0.2) is 11.9 Å². The molecule has 1 fully saturated rings. The van der Waals surface area contributed by atoms with Gasteiger partial charge in [-0.25, -0.2) is 9.38 Å². The Kier molecular flexibility index (Phi) is 15.9. The lowest BCUT2D eigenvalue weighted by atomic mass is 9.86. The number of fused-ring (bicyclic) bond motifs is 1. The average molecular weight is 665 g/mol. The molecule has 266 valence electrons. The highest BCUT2D eigenvalue weighted by atomic mass is 19.1. The van der Waals surface area contributed by atoms with Crippen LogP contribution in [-0.2, 0) is 23.9 Å². The third-order valence-corrected chi connectivity index (χ3v) is 9.60. The molecule has 0 bridgehead atoms. The highest BCUT2D eigenvalue weighted by Crippen LogP contribution is 2.35. The number of carbonyl (C=O) groups excluding carboxylic acids is 3. The van der Waals surface area contributed by atoms with Gasteiger partial charge in [-0.05, 0) is 18.8 Å². The summed E-state index contributed by atoms with van der Waals surface area (Å²) in [5.41, 5.74) is 9.69. The van der Waals surface area contributed by atoms with Gasteiger partial charge in [-0.1, -0.05) is 111 Å². The molecule has 0 spiro atoms. The van der Waals surface area contributed by atoms with E-state index < -0.39 is 66.4 Å². The van der Waals surface area contributed by atoms with E-state index in [0.29, 0.717) is 12.8 Å². The highest BCUT2D eigenvalue weighted by Gasteiger charge is 2.61. The molecule has 3 aliphatic rings. The zero-order valence-electron chi connectivity index (χ0n) is 28.6. The number of guanidine groups is 1. The van der Waals surface area contributed by atoms with Gasteiger partial charge in [0.2, 0.25) is 11.7 Å². The number of nitrogens with zero attached hydrogens (tertiary/aromatic N) is 4. The van der Waals surface area contributed by atoms with Gasteiger partial charge in [-0.3, -0.25) is 19.3 Å². The number of aliphatic hydroxyl groups excluding tert-OH is 1. The fraction of sp³-hybridized carbons (Fsp3) is 0.824. The molecule has 0 aromatic heterocycles. The van der Waals surface area contributed by atoms with Crippen LogP contribution in [0.15, 0.2) is 15.0 Å². The van der Waals surface area contributed by atoms with E-state index in [2.05, 4.69) is 21.9 Å². The predicted octanol–water partition coefficient (Wildman–Crippen LogP) is 4.49. The van der Waals surface area contributed by atoms with Gasteiger partial charge in [0, 0.05) is 6.42 Å². The van der Waals surface area contributed by atoms with E-state index in [1.165, 1.54) is 69.0 Å². The summed E-state index contributed by atoms with van der Waals surface area (Å²) >= 11 is 0. The van der Waals surface area contributed by atoms with Crippen molar-refractivity contribution in [1.82, 2.24) is 4.90 Å². The molecule has 13 heteroatoms. The van der Waals surface area contributed by atoms with E-state index in [1.54, 1.807) is 0 Å². The Morgan fingerprint density at radius 1 is 1.04 bits per heavy atom. The molecule has 1 saturated heterocycles. The number of rotatable bonds is 23. The minimum absolute atomic E-state index is 0.159. The summed E-state index contributed by atoms with van der Waals surface area (Å²) in [6.07, 6.45) is 13.1. The number of Topliss-reactive ketones (excluding diaryl/α,β-unsaturated/α-hetero) is 1. The molecule has 0 aromatic carbocycles. The van der Waals surface area contributed by atoms with Crippen molar-refractivity contribution in [2.75, 3.05) is 6.61 Å². The molecule has 0 aliphatic carbocycles. The summed E-state index contributed by atoms with van der Waals surface area (Å²) in [6.45, 7) is 5.41. The van der Waals surface area contributed by atoms with Crippen molar-refractivity contribution < 1.29 is 33.4 Å². The number of alkyl halides is 1. The number of ether oxygens (including phenoxy) is 2. The number of hydrogen-bond acceptors (Lipinski definition) is 11. The van der Waals surface area contributed by atoms with Gasteiger partial charge in [0.25, 0.3) is 11.4 Å². The zero-order chi connectivity index (χ0) is 34.4. The van der Waals surface area contributed by atoms with E-state index >= 15 is 0 Å². The Balaban J connectivity index is 1.63. The monoisotopic (exact) mass is 664 g/mol. The van der Waals surface area contributed by atoms with Crippen LogP contribution in [0.2, 0.25) is 0 Å². The van der Waals surface area contributed by atoms with E-state index in [-0.39, 0.29) is 24.6 Å². The number of esters is 1. The van der Waals surface area contributed by atoms with Crippen molar-refractivity contribution in [3.63, 3.8) is 0 Å². The van der Waals surface area contributed by atoms with Crippen molar-refractivity contribution in [2.24, 2.45) is 32.4 Å². The third-order valence-electron chi connectivity index (χ3n) is 9.60. The number of unbranched alkanes of at least 4 members (excludes halogenated alkanes) is 13. The fourth-order valence-electron chi connectivity index (χ4n) is 6.28. The van der Waals surface area contributed by atoms with Crippen molar-refractivity contribution in [3.05, 3.63) is 0 Å². The largest absolute Gasteiger partial charge is 0.453 e. The Bertz CT molecular complexity index is 1130. The Labute approximate surface area is 279 Å². The molecule has 12 nitrogen and oxygen atoms in total. The standard InChI is InChI=1S/C34H57FN6O6/c1-4-6-7-8-9-10-11-12-13-14-15-16-17-18-19-25(47-30(44)28(36)23(3)5-2)29(43)34-31(39-33(37)40-32(34)45)41(22-38-34)27-20-24(35)26(21-42)46-27/h22-28,42H,4-21,36H2,1-3H3,(H2,37,40,45)/t23-,24?,25?,26+,27+,28-,34?/m0/s1. The minimum atomic E-state index is -2.27. The average Bonchev–Trinajstić information content (AvgIpc) is 3.63. The third kappa shape index (κ3) is 10.1. The SMILES string of the molecule is CCCCCCCCCCCCCCCCC(OC(=O)[C@@H](N)[C@@H](C)CC)C(=O)C12N=CN([C@H]3CC(F)[C@@H](CO)O3)C1=NC(N)=NC2=O. The predicted molar refractivity (Wildman–Crippen MR) is 180 cm³/mol. The first-order chi connectivity index (χ1) is 22.6. The maximum absolute atomic E-state index is 14.5. The van der Waals surface area contributed by atoms with E-state index in [0.717, 1.165) is 25.7 Å². The minimum Gasteiger partial charge on any atom is -0.453 e. The van der Waals surface area contributed by atoms with Crippen LogP contribution in [0.25, 0.3) is 0 Å². The Hall–Kier alpha value is -2.77. The van der Waals surface area contributed by atoms with Gasteiger partial charge in [-0.2, -0.15) is 9.98 Å². The molecule has 3 unspecified atom stereocenters.